The van der Waals surface area contributed by atoms with Crippen LogP contribution in [0.3, 0.4) is 0 Å². The van der Waals surface area contributed by atoms with Crippen molar-refractivity contribution in [1.82, 2.24) is 9.88 Å². The number of hydrogen-bond acceptors (Lipinski definition) is 3. The van der Waals surface area contributed by atoms with E-state index in [1.807, 2.05) is 18.2 Å². The molecule has 0 bridgehead atoms. The highest BCUT2D eigenvalue weighted by atomic mass is 19.1. The van der Waals surface area contributed by atoms with Gasteiger partial charge in [-0.05, 0) is 37.1 Å². The topological polar surface area (TPSA) is 36.4 Å². The molecule has 24 heavy (non-hydrogen) atoms. The van der Waals surface area contributed by atoms with E-state index in [9.17, 15) is 13.6 Å². The molecule has 1 aliphatic heterocycles. The number of halogens is 2. The molecule has 0 saturated carbocycles. The third kappa shape index (κ3) is 3.53. The number of amides is 1. The average Bonchev–Trinajstić information content (AvgIpc) is 2.60. The summed E-state index contributed by atoms with van der Waals surface area (Å²) >= 11 is 0. The van der Waals surface area contributed by atoms with E-state index >= 15 is 0 Å². The molecule has 3 rings (SSSR count). The highest BCUT2D eigenvalue weighted by Crippen LogP contribution is 2.21. The molecule has 6 heteroatoms. The second-order valence-electron chi connectivity index (χ2n) is 5.98. The van der Waals surface area contributed by atoms with E-state index in [1.54, 1.807) is 18.1 Å². The second kappa shape index (κ2) is 6.95. The minimum Gasteiger partial charge on any atom is -0.356 e. The summed E-state index contributed by atoms with van der Waals surface area (Å²) in [6.07, 6.45) is 3.34. The Kier molecular flexibility index (Phi) is 4.74. The van der Waals surface area contributed by atoms with Crippen molar-refractivity contribution in [2.75, 3.05) is 25.0 Å². The van der Waals surface area contributed by atoms with Crippen LogP contribution in [0.15, 0.2) is 42.6 Å². The monoisotopic (exact) mass is 331 g/mol. The van der Waals surface area contributed by atoms with Crippen molar-refractivity contribution in [1.29, 1.82) is 0 Å². The lowest BCUT2D eigenvalue weighted by Crippen LogP contribution is -2.45. The van der Waals surface area contributed by atoms with E-state index in [0.29, 0.717) is 0 Å². The van der Waals surface area contributed by atoms with Gasteiger partial charge in [0, 0.05) is 44.0 Å². The first-order valence-corrected chi connectivity index (χ1v) is 7.94. The fourth-order valence-corrected chi connectivity index (χ4v) is 3.07. The lowest BCUT2D eigenvalue weighted by atomic mass is 10.0. The van der Waals surface area contributed by atoms with E-state index in [0.717, 1.165) is 49.9 Å². The van der Waals surface area contributed by atoms with Gasteiger partial charge < -0.3 is 9.80 Å². The Morgan fingerprint density at radius 3 is 2.42 bits per heavy atom. The summed E-state index contributed by atoms with van der Waals surface area (Å²) < 4.78 is 26.6. The van der Waals surface area contributed by atoms with E-state index in [2.05, 4.69) is 9.88 Å². The number of carbonyl (C=O) groups is 1. The van der Waals surface area contributed by atoms with Gasteiger partial charge in [0.25, 0.3) is 5.91 Å². The van der Waals surface area contributed by atoms with Crippen molar-refractivity contribution in [3.63, 3.8) is 0 Å². The van der Waals surface area contributed by atoms with Crippen molar-refractivity contribution in [3.8, 4) is 0 Å². The fraction of sp³-hybridized carbons (Fsp3) is 0.333. The van der Waals surface area contributed by atoms with Gasteiger partial charge in [0.05, 0.1) is 0 Å². The van der Waals surface area contributed by atoms with Gasteiger partial charge >= 0.3 is 0 Å². The Balaban J connectivity index is 1.64. The molecule has 0 spiro atoms. The van der Waals surface area contributed by atoms with Crippen molar-refractivity contribution in [2.45, 2.75) is 18.9 Å². The normalized spacial score (nSPS) is 15.4. The number of pyridine rings is 1. The number of benzene rings is 1. The number of anilines is 1. The largest absolute Gasteiger partial charge is 0.356 e. The smallest absolute Gasteiger partial charge is 0.254 e. The van der Waals surface area contributed by atoms with Crippen molar-refractivity contribution < 1.29 is 13.6 Å². The standard InChI is InChI=1S/C18H19F2N3O/c1-22(18(24)13-10-14(19)12-15(20)11-13)16-5-8-23(9-6-16)17-4-2-3-7-21-17/h2-4,7,10-12,16H,5-6,8-9H2,1H3. The lowest BCUT2D eigenvalue weighted by molar-refractivity contribution is 0.0708. The minimum absolute atomic E-state index is 0.0437. The van der Waals surface area contributed by atoms with Gasteiger partial charge in [0.2, 0.25) is 0 Å². The Morgan fingerprint density at radius 1 is 1.17 bits per heavy atom. The molecule has 0 aliphatic carbocycles. The molecule has 2 heterocycles. The maximum atomic E-state index is 13.3. The van der Waals surface area contributed by atoms with Crippen LogP contribution in [-0.2, 0) is 0 Å². The van der Waals surface area contributed by atoms with Crippen LogP contribution in [0.5, 0.6) is 0 Å². The van der Waals surface area contributed by atoms with Crippen LogP contribution in [0.2, 0.25) is 0 Å². The number of carbonyl (C=O) groups excluding carboxylic acids is 1. The van der Waals surface area contributed by atoms with Gasteiger partial charge in [0.15, 0.2) is 0 Å². The van der Waals surface area contributed by atoms with Gasteiger partial charge in [-0.1, -0.05) is 6.07 Å². The molecular formula is C18H19F2N3O. The van der Waals surface area contributed by atoms with Gasteiger partial charge in [-0.3, -0.25) is 4.79 Å². The highest BCUT2D eigenvalue weighted by molar-refractivity contribution is 5.94. The summed E-state index contributed by atoms with van der Waals surface area (Å²) in [4.78, 5) is 20.6. The number of nitrogens with zero attached hydrogens (tertiary/aromatic N) is 3. The summed E-state index contributed by atoms with van der Waals surface area (Å²) in [7, 11) is 1.69. The van der Waals surface area contributed by atoms with Crippen LogP contribution in [-0.4, -0.2) is 42.0 Å². The molecule has 0 atom stereocenters. The van der Waals surface area contributed by atoms with Crippen LogP contribution in [0, 0.1) is 11.6 Å². The quantitative estimate of drug-likeness (QED) is 0.867. The van der Waals surface area contributed by atoms with Gasteiger partial charge in [-0.25, -0.2) is 13.8 Å². The lowest BCUT2D eigenvalue weighted by Gasteiger charge is -2.37. The Hall–Kier alpha value is -2.50. The minimum atomic E-state index is -0.739. The Labute approximate surface area is 139 Å². The third-order valence-corrected chi connectivity index (χ3v) is 4.42. The molecule has 1 fully saturated rings. The SMILES string of the molecule is CN(C(=O)c1cc(F)cc(F)c1)C1CCN(c2ccccn2)CC1. The fourth-order valence-electron chi connectivity index (χ4n) is 3.07. The number of rotatable bonds is 3. The molecule has 126 valence electrons. The predicted molar refractivity (Wildman–Crippen MR) is 87.9 cm³/mol. The predicted octanol–water partition coefficient (Wildman–Crippen LogP) is 3.10. The van der Waals surface area contributed by atoms with Crippen molar-refractivity contribution >= 4 is 11.7 Å². The molecule has 0 N–H and O–H groups in total. The summed E-state index contributed by atoms with van der Waals surface area (Å²) in [5.41, 5.74) is 0.0437. The van der Waals surface area contributed by atoms with Crippen molar-refractivity contribution in [2.24, 2.45) is 0 Å². The first-order valence-electron chi connectivity index (χ1n) is 7.94. The summed E-state index contributed by atoms with van der Waals surface area (Å²) in [6, 6.07) is 8.75. The zero-order chi connectivity index (χ0) is 17.1. The Bertz CT molecular complexity index is 695. The first kappa shape index (κ1) is 16.4. The molecule has 4 nitrogen and oxygen atoms in total. The number of aromatic nitrogens is 1. The second-order valence-corrected chi connectivity index (χ2v) is 5.98. The number of piperidine rings is 1. The average molecular weight is 331 g/mol. The zero-order valence-electron chi connectivity index (χ0n) is 13.5. The van der Waals surface area contributed by atoms with Crippen LogP contribution in [0.1, 0.15) is 23.2 Å². The van der Waals surface area contributed by atoms with Gasteiger partial charge in [-0.15, -0.1) is 0 Å². The van der Waals surface area contributed by atoms with Crippen LogP contribution >= 0.6 is 0 Å². The summed E-state index contributed by atoms with van der Waals surface area (Å²) in [6.45, 7) is 1.58. The molecular weight excluding hydrogens is 312 g/mol. The van der Waals surface area contributed by atoms with E-state index in [1.165, 1.54) is 0 Å². The molecule has 1 amide bonds. The molecule has 0 unspecified atom stereocenters. The van der Waals surface area contributed by atoms with Crippen LogP contribution in [0.4, 0.5) is 14.6 Å². The molecule has 2 aromatic rings. The third-order valence-electron chi connectivity index (χ3n) is 4.42. The van der Waals surface area contributed by atoms with Crippen molar-refractivity contribution in [3.05, 3.63) is 59.8 Å². The summed E-state index contributed by atoms with van der Waals surface area (Å²) in [5.74, 6) is -0.907. The van der Waals surface area contributed by atoms with Crippen LogP contribution in [0.25, 0.3) is 0 Å². The van der Waals surface area contributed by atoms with Gasteiger partial charge in [0.1, 0.15) is 17.5 Å². The van der Waals surface area contributed by atoms with Crippen LogP contribution < -0.4 is 4.90 Å². The molecule has 0 radical (unpaired) electrons. The van der Waals surface area contributed by atoms with E-state index in [-0.39, 0.29) is 17.5 Å². The Morgan fingerprint density at radius 2 is 1.83 bits per heavy atom. The van der Waals surface area contributed by atoms with E-state index in [4.69, 9.17) is 0 Å². The molecule has 1 aliphatic rings. The highest BCUT2D eigenvalue weighted by Gasteiger charge is 2.26. The molecule has 1 saturated heterocycles. The first-order chi connectivity index (χ1) is 11.5. The zero-order valence-corrected chi connectivity index (χ0v) is 13.5. The molecule has 1 aromatic carbocycles. The summed E-state index contributed by atoms with van der Waals surface area (Å²) in [5, 5.41) is 0. The maximum Gasteiger partial charge on any atom is 0.254 e. The van der Waals surface area contributed by atoms with E-state index < -0.39 is 11.6 Å². The number of hydrogen-bond donors (Lipinski definition) is 0. The molecule has 1 aromatic heterocycles. The van der Waals surface area contributed by atoms with Gasteiger partial charge in [-0.2, -0.15) is 0 Å². The maximum absolute atomic E-state index is 13.3.